The van der Waals surface area contributed by atoms with Crippen LogP contribution in [0.1, 0.15) is 29.6 Å². The lowest BCUT2D eigenvalue weighted by Crippen LogP contribution is -2.39. The first-order valence-corrected chi connectivity index (χ1v) is 7.69. The minimum atomic E-state index is -0.364. The Morgan fingerprint density at radius 3 is 2.41 bits per heavy atom. The van der Waals surface area contributed by atoms with Gasteiger partial charge in [-0.2, -0.15) is 0 Å². The second kappa shape index (κ2) is 8.48. The molecule has 120 valence electrons. The van der Waals surface area contributed by atoms with Gasteiger partial charge in [-0.15, -0.1) is 0 Å². The van der Waals surface area contributed by atoms with Crippen LogP contribution in [0.15, 0.2) is 24.3 Å². The molecule has 1 heterocycles. The van der Waals surface area contributed by atoms with Gasteiger partial charge in [-0.05, 0) is 56.6 Å². The van der Waals surface area contributed by atoms with E-state index in [-0.39, 0.29) is 23.5 Å². The number of nitrogens with one attached hydrogen (secondary N) is 3. The molecule has 0 aromatic heterocycles. The second-order valence-corrected chi connectivity index (χ2v) is 5.43. The summed E-state index contributed by atoms with van der Waals surface area (Å²) in [6.07, 6.45) is 2.43. The first kappa shape index (κ1) is 16.4. The number of piperidine rings is 1. The first-order valence-electron chi connectivity index (χ1n) is 7.69. The molecule has 1 saturated heterocycles. The predicted octanol–water partition coefficient (Wildman–Crippen LogP) is 1.06. The monoisotopic (exact) mass is 307 g/mol. The van der Waals surface area contributed by atoms with Crippen LogP contribution in [0.5, 0.6) is 0 Å². The van der Waals surface area contributed by atoms with Crippen LogP contribution >= 0.6 is 0 Å². The third-order valence-corrected chi connectivity index (χ3v) is 3.75. The zero-order valence-electron chi connectivity index (χ0n) is 12.5. The van der Waals surface area contributed by atoms with E-state index >= 15 is 0 Å². The molecule has 1 aromatic rings. The van der Waals surface area contributed by atoms with Crippen molar-refractivity contribution in [2.75, 3.05) is 26.2 Å². The first-order chi connectivity index (χ1) is 10.7. The van der Waals surface area contributed by atoms with Gasteiger partial charge in [0.1, 0.15) is 5.82 Å². The second-order valence-electron chi connectivity index (χ2n) is 5.43. The van der Waals surface area contributed by atoms with Crippen molar-refractivity contribution in [3.05, 3.63) is 35.6 Å². The van der Waals surface area contributed by atoms with E-state index in [1.165, 1.54) is 24.3 Å². The van der Waals surface area contributed by atoms with Gasteiger partial charge >= 0.3 is 0 Å². The molecule has 0 spiro atoms. The zero-order valence-corrected chi connectivity index (χ0v) is 12.5. The van der Waals surface area contributed by atoms with E-state index in [0.717, 1.165) is 25.9 Å². The van der Waals surface area contributed by atoms with Crippen LogP contribution in [0.2, 0.25) is 0 Å². The Morgan fingerprint density at radius 2 is 1.73 bits per heavy atom. The molecule has 1 fully saturated rings. The van der Waals surface area contributed by atoms with Crippen LogP contribution in [0, 0.1) is 11.7 Å². The van der Waals surface area contributed by atoms with Crippen molar-refractivity contribution in [2.45, 2.75) is 19.3 Å². The summed E-state index contributed by atoms with van der Waals surface area (Å²) in [4.78, 5) is 23.7. The Hall–Kier alpha value is -1.95. The SMILES string of the molecule is O=C(NCCCNC(=O)C1CCNCC1)c1ccc(F)cc1. The molecule has 1 aromatic carbocycles. The van der Waals surface area contributed by atoms with Crippen LogP contribution in [0.4, 0.5) is 4.39 Å². The Balaban J connectivity index is 1.59. The van der Waals surface area contributed by atoms with Crippen LogP contribution < -0.4 is 16.0 Å². The third-order valence-electron chi connectivity index (χ3n) is 3.75. The standard InChI is InChI=1S/C16H22FN3O2/c17-14-4-2-12(3-5-14)15(21)19-8-1-9-20-16(22)13-6-10-18-11-7-13/h2-5,13,18H,1,6-11H2,(H,19,21)(H,20,22). The number of benzene rings is 1. The molecule has 22 heavy (non-hydrogen) atoms. The lowest BCUT2D eigenvalue weighted by Gasteiger charge is -2.21. The molecule has 0 bridgehead atoms. The van der Waals surface area contributed by atoms with E-state index in [9.17, 15) is 14.0 Å². The Bertz CT molecular complexity index is 499. The summed E-state index contributed by atoms with van der Waals surface area (Å²) in [5, 5.41) is 8.88. The molecular formula is C16H22FN3O2. The van der Waals surface area contributed by atoms with Gasteiger partial charge in [0.2, 0.25) is 5.91 Å². The van der Waals surface area contributed by atoms with Gasteiger partial charge in [0, 0.05) is 24.6 Å². The third kappa shape index (κ3) is 5.11. The van der Waals surface area contributed by atoms with Gasteiger partial charge in [-0.3, -0.25) is 9.59 Å². The average molecular weight is 307 g/mol. The van der Waals surface area contributed by atoms with Crippen molar-refractivity contribution >= 4 is 11.8 Å². The maximum absolute atomic E-state index is 12.8. The smallest absolute Gasteiger partial charge is 0.251 e. The fourth-order valence-electron chi connectivity index (χ4n) is 2.43. The molecule has 2 amide bonds. The quantitative estimate of drug-likeness (QED) is 0.688. The van der Waals surface area contributed by atoms with Crippen molar-refractivity contribution in [2.24, 2.45) is 5.92 Å². The fourth-order valence-corrected chi connectivity index (χ4v) is 2.43. The lowest BCUT2D eigenvalue weighted by atomic mass is 9.97. The Labute approximate surface area is 129 Å². The van der Waals surface area contributed by atoms with Gasteiger partial charge < -0.3 is 16.0 Å². The molecule has 0 radical (unpaired) electrons. The van der Waals surface area contributed by atoms with Crippen LogP contribution in [0.25, 0.3) is 0 Å². The summed E-state index contributed by atoms with van der Waals surface area (Å²) >= 11 is 0. The number of rotatable bonds is 6. The number of carbonyl (C=O) groups is 2. The summed E-state index contributed by atoms with van der Waals surface area (Å²) < 4.78 is 12.8. The highest BCUT2D eigenvalue weighted by molar-refractivity contribution is 5.94. The van der Waals surface area contributed by atoms with Crippen molar-refractivity contribution in [3.63, 3.8) is 0 Å². The average Bonchev–Trinajstić information content (AvgIpc) is 2.55. The lowest BCUT2D eigenvalue weighted by molar-refractivity contribution is -0.125. The van der Waals surface area contributed by atoms with Crippen molar-refractivity contribution in [1.29, 1.82) is 0 Å². The van der Waals surface area contributed by atoms with Gasteiger partial charge in [0.25, 0.3) is 5.91 Å². The predicted molar refractivity (Wildman–Crippen MR) is 82.0 cm³/mol. The van der Waals surface area contributed by atoms with Crippen molar-refractivity contribution in [1.82, 2.24) is 16.0 Å². The van der Waals surface area contributed by atoms with E-state index in [1.54, 1.807) is 0 Å². The van der Waals surface area contributed by atoms with Crippen LogP contribution in [-0.4, -0.2) is 38.0 Å². The number of amides is 2. The highest BCUT2D eigenvalue weighted by atomic mass is 19.1. The maximum Gasteiger partial charge on any atom is 0.251 e. The molecule has 1 aliphatic rings. The normalized spacial score (nSPS) is 15.3. The van der Waals surface area contributed by atoms with Gasteiger partial charge in [0.05, 0.1) is 0 Å². The minimum Gasteiger partial charge on any atom is -0.356 e. The molecule has 0 atom stereocenters. The van der Waals surface area contributed by atoms with E-state index in [4.69, 9.17) is 0 Å². The topological polar surface area (TPSA) is 70.2 Å². The largest absolute Gasteiger partial charge is 0.356 e. The number of hydrogen-bond donors (Lipinski definition) is 3. The Morgan fingerprint density at radius 1 is 1.09 bits per heavy atom. The number of halogens is 1. The molecule has 1 aliphatic heterocycles. The van der Waals surface area contributed by atoms with Crippen molar-refractivity contribution < 1.29 is 14.0 Å². The molecule has 0 unspecified atom stereocenters. The van der Waals surface area contributed by atoms with E-state index < -0.39 is 0 Å². The van der Waals surface area contributed by atoms with E-state index in [1.807, 2.05) is 0 Å². The number of hydrogen-bond acceptors (Lipinski definition) is 3. The zero-order chi connectivity index (χ0) is 15.8. The summed E-state index contributed by atoms with van der Waals surface area (Å²) in [5.41, 5.74) is 0.431. The minimum absolute atomic E-state index is 0.103. The highest BCUT2D eigenvalue weighted by Crippen LogP contribution is 2.11. The van der Waals surface area contributed by atoms with Gasteiger partial charge in [0.15, 0.2) is 0 Å². The van der Waals surface area contributed by atoms with E-state index in [2.05, 4.69) is 16.0 Å². The molecular weight excluding hydrogens is 285 g/mol. The summed E-state index contributed by atoms with van der Waals surface area (Å²) in [6, 6.07) is 5.41. The molecule has 6 heteroatoms. The van der Waals surface area contributed by atoms with Crippen LogP contribution in [-0.2, 0) is 4.79 Å². The molecule has 3 N–H and O–H groups in total. The molecule has 5 nitrogen and oxygen atoms in total. The van der Waals surface area contributed by atoms with E-state index in [0.29, 0.717) is 25.1 Å². The summed E-state index contributed by atoms with van der Waals surface area (Å²) in [6.45, 7) is 2.81. The number of carbonyl (C=O) groups excluding carboxylic acids is 2. The molecule has 2 rings (SSSR count). The summed E-state index contributed by atoms with van der Waals surface area (Å²) in [5.74, 6) is -0.386. The fraction of sp³-hybridized carbons (Fsp3) is 0.500. The molecule has 0 saturated carbocycles. The van der Waals surface area contributed by atoms with Gasteiger partial charge in [-0.1, -0.05) is 0 Å². The van der Waals surface area contributed by atoms with Gasteiger partial charge in [-0.25, -0.2) is 4.39 Å². The van der Waals surface area contributed by atoms with Crippen LogP contribution in [0.3, 0.4) is 0 Å². The highest BCUT2D eigenvalue weighted by Gasteiger charge is 2.20. The maximum atomic E-state index is 12.8. The summed E-state index contributed by atoms with van der Waals surface area (Å²) in [7, 11) is 0. The van der Waals surface area contributed by atoms with Crippen molar-refractivity contribution in [3.8, 4) is 0 Å². The Kier molecular flexibility index (Phi) is 6.33. The molecule has 0 aliphatic carbocycles.